The van der Waals surface area contributed by atoms with Gasteiger partial charge in [-0.3, -0.25) is 9.78 Å². The minimum atomic E-state index is -1.92. The van der Waals surface area contributed by atoms with Gasteiger partial charge in [-0.1, -0.05) is 26.8 Å². The monoisotopic (exact) mass is 301 g/mol. The lowest BCUT2D eigenvalue weighted by atomic mass is 10.1. The number of rotatable bonds is 3. The van der Waals surface area contributed by atoms with E-state index in [-0.39, 0.29) is 16.9 Å². The SMILES string of the molecule is CC(C)(C)[Si](C)(C)OC1C=CC(=O)/C1=C/c1ccccn1. The van der Waals surface area contributed by atoms with Crippen LogP contribution in [0.5, 0.6) is 0 Å². The summed E-state index contributed by atoms with van der Waals surface area (Å²) in [6.07, 6.45) is 6.77. The molecule has 1 aliphatic rings. The first-order valence-electron chi connectivity index (χ1n) is 7.24. The van der Waals surface area contributed by atoms with Crippen LogP contribution in [0.4, 0.5) is 0 Å². The molecular formula is C17H23NO2Si. The second-order valence-corrected chi connectivity index (χ2v) is 11.6. The van der Waals surface area contributed by atoms with Crippen LogP contribution in [0.25, 0.3) is 6.08 Å². The number of aromatic nitrogens is 1. The third kappa shape index (κ3) is 3.57. The van der Waals surface area contributed by atoms with Gasteiger partial charge in [-0.2, -0.15) is 0 Å². The number of hydrogen-bond acceptors (Lipinski definition) is 3. The molecule has 0 saturated heterocycles. The fourth-order valence-corrected chi connectivity index (χ4v) is 3.08. The van der Waals surface area contributed by atoms with Crippen LogP contribution in [-0.4, -0.2) is 25.2 Å². The van der Waals surface area contributed by atoms with E-state index in [0.717, 1.165) is 5.69 Å². The Morgan fingerprint density at radius 2 is 2.00 bits per heavy atom. The first-order valence-corrected chi connectivity index (χ1v) is 10.1. The molecule has 0 bridgehead atoms. The Morgan fingerprint density at radius 1 is 1.29 bits per heavy atom. The van der Waals surface area contributed by atoms with Gasteiger partial charge in [-0.05, 0) is 48.5 Å². The first kappa shape index (κ1) is 15.9. The molecule has 2 rings (SSSR count). The first-order chi connectivity index (χ1) is 9.71. The van der Waals surface area contributed by atoms with Crippen molar-refractivity contribution in [2.75, 3.05) is 0 Å². The molecule has 0 fully saturated rings. The van der Waals surface area contributed by atoms with E-state index in [2.05, 4.69) is 38.8 Å². The molecule has 4 heteroatoms. The summed E-state index contributed by atoms with van der Waals surface area (Å²) in [5.41, 5.74) is 1.46. The number of allylic oxidation sites excluding steroid dienone is 1. The average molecular weight is 301 g/mol. The fraction of sp³-hybridized carbons (Fsp3) is 0.412. The third-order valence-electron chi connectivity index (χ3n) is 4.23. The molecule has 0 amide bonds. The smallest absolute Gasteiger partial charge is 0.193 e. The van der Waals surface area contributed by atoms with Gasteiger partial charge in [0.25, 0.3) is 0 Å². The number of carbonyl (C=O) groups excluding carboxylic acids is 1. The van der Waals surface area contributed by atoms with Crippen molar-refractivity contribution >= 4 is 20.2 Å². The van der Waals surface area contributed by atoms with Crippen LogP contribution in [0.15, 0.2) is 42.1 Å². The van der Waals surface area contributed by atoms with E-state index in [1.807, 2.05) is 30.4 Å². The van der Waals surface area contributed by atoms with E-state index < -0.39 is 8.32 Å². The minimum Gasteiger partial charge on any atom is -0.406 e. The van der Waals surface area contributed by atoms with E-state index in [9.17, 15) is 4.79 Å². The van der Waals surface area contributed by atoms with E-state index in [0.29, 0.717) is 5.57 Å². The van der Waals surface area contributed by atoms with E-state index in [4.69, 9.17) is 4.43 Å². The van der Waals surface area contributed by atoms with E-state index in [1.54, 1.807) is 12.3 Å². The molecule has 0 N–H and O–H groups in total. The lowest BCUT2D eigenvalue weighted by Gasteiger charge is -2.38. The molecule has 3 nitrogen and oxygen atoms in total. The zero-order valence-electron chi connectivity index (χ0n) is 13.4. The van der Waals surface area contributed by atoms with Gasteiger partial charge in [0, 0.05) is 11.8 Å². The number of pyridine rings is 1. The molecule has 1 aromatic rings. The molecule has 0 aliphatic heterocycles. The van der Waals surface area contributed by atoms with Crippen molar-refractivity contribution in [3.05, 3.63) is 47.8 Å². The Balaban J connectivity index is 2.26. The normalized spacial score (nSPS) is 21.3. The van der Waals surface area contributed by atoms with Gasteiger partial charge in [0.2, 0.25) is 0 Å². The molecule has 1 aliphatic carbocycles. The van der Waals surface area contributed by atoms with Crippen LogP contribution in [0.3, 0.4) is 0 Å². The predicted octanol–water partition coefficient (Wildman–Crippen LogP) is 3.99. The zero-order valence-corrected chi connectivity index (χ0v) is 14.4. The summed E-state index contributed by atoms with van der Waals surface area (Å²) in [5.74, 6) is 0.0179. The summed E-state index contributed by atoms with van der Waals surface area (Å²) >= 11 is 0. The second kappa shape index (κ2) is 5.70. The van der Waals surface area contributed by atoms with Gasteiger partial charge in [0.1, 0.15) is 0 Å². The summed E-state index contributed by atoms with van der Waals surface area (Å²) in [5, 5.41) is 0.114. The summed E-state index contributed by atoms with van der Waals surface area (Å²) in [6.45, 7) is 11.0. The average Bonchev–Trinajstić information content (AvgIpc) is 2.71. The van der Waals surface area contributed by atoms with Crippen molar-refractivity contribution in [3.8, 4) is 0 Å². The molecule has 0 radical (unpaired) electrons. The van der Waals surface area contributed by atoms with Crippen molar-refractivity contribution in [1.29, 1.82) is 0 Å². The number of ketones is 1. The van der Waals surface area contributed by atoms with Gasteiger partial charge in [-0.25, -0.2) is 0 Å². The molecule has 21 heavy (non-hydrogen) atoms. The molecule has 0 aromatic carbocycles. The summed E-state index contributed by atoms with van der Waals surface area (Å²) < 4.78 is 6.35. The standard InChI is InChI=1S/C17H23NO2Si/c1-17(2,3)21(4,5)20-16-10-9-15(19)14(16)12-13-8-6-7-11-18-13/h6-12,16H,1-5H3/b14-12-. The topological polar surface area (TPSA) is 39.2 Å². The summed E-state index contributed by atoms with van der Waals surface area (Å²) in [4.78, 5) is 16.3. The molecule has 1 unspecified atom stereocenters. The van der Waals surface area contributed by atoms with Crippen LogP contribution in [0.1, 0.15) is 26.5 Å². The van der Waals surface area contributed by atoms with Gasteiger partial charge in [-0.15, -0.1) is 0 Å². The van der Waals surface area contributed by atoms with Gasteiger partial charge >= 0.3 is 0 Å². The Hall–Kier alpha value is -1.52. The maximum atomic E-state index is 12.1. The molecule has 0 spiro atoms. The summed E-state index contributed by atoms with van der Waals surface area (Å²) in [6, 6.07) is 5.66. The highest BCUT2D eigenvalue weighted by molar-refractivity contribution is 6.74. The van der Waals surface area contributed by atoms with Crippen LogP contribution in [-0.2, 0) is 9.22 Å². The number of hydrogen-bond donors (Lipinski definition) is 0. The Bertz CT molecular complexity index is 583. The molecule has 1 heterocycles. The van der Waals surface area contributed by atoms with Crippen molar-refractivity contribution < 1.29 is 9.22 Å². The van der Waals surface area contributed by atoms with E-state index >= 15 is 0 Å². The van der Waals surface area contributed by atoms with Crippen LogP contribution >= 0.6 is 0 Å². The Labute approximate surface area is 127 Å². The number of nitrogens with zero attached hydrogens (tertiary/aromatic N) is 1. The molecular weight excluding hydrogens is 278 g/mol. The Morgan fingerprint density at radius 3 is 2.57 bits per heavy atom. The lowest BCUT2D eigenvalue weighted by Crippen LogP contribution is -2.43. The molecule has 1 aromatic heterocycles. The van der Waals surface area contributed by atoms with Crippen molar-refractivity contribution in [1.82, 2.24) is 4.98 Å². The van der Waals surface area contributed by atoms with Gasteiger partial charge in [0.15, 0.2) is 14.1 Å². The van der Waals surface area contributed by atoms with Crippen LogP contribution < -0.4 is 0 Å². The maximum Gasteiger partial charge on any atom is 0.193 e. The minimum absolute atomic E-state index is 0.0179. The third-order valence-corrected chi connectivity index (χ3v) is 8.69. The lowest BCUT2D eigenvalue weighted by molar-refractivity contribution is -0.111. The second-order valence-electron chi connectivity index (χ2n) is 6.88. The quantitative estimate of drug-likeness (QED) is 0.626. The zero-order chi connectivity index (χ0) is 15.7. The molecule has 112 valence electrons. The highest BCUT2D eigenvalue weighted by atomic mass is 28.4. The summed E-state index contributed by atoms with van der Waals surface area (Å²) in [7, 11) is -1.92. The van der Waals surface area contributed by atoms with Crippen molar-refractivity contribution in [2.45, 2.75) is 45.0 Å². The largest absolute Gasteiger partial charge is 0.406 e. The number of carbonyl (C=O) groups is 1. The predicted molar refractivity (Wildman–Crippen MR) is 88.4 cm³/mol. The van der Waals surface area contributed by atoms with Gasteiger partial charge in [0.05, 0.1) is 11.8 Å². The van der Waals surface area contributed by atoms with Crippen molar-refractivity contribution in [2.24, 2.45) is 0 Å². The van der Waals surface area contributed by atoms with Crippen LogP contribution in [0, 0.1) is 0 Å². The van der Waals surface area contributed by atoms with Gasteiger partial charge < -0.3 is 4.43 Å². The highest BCUT2D eigenvalue weighted by Gasteiger charge is 2.40. The van der Waals surface area contributed by atoms with Crippen molar-refractivity contribution in [3.63, 3.8) is 0 Å². The highest BCUT2D eigenvalue weighted by Crippen LogP contribution is 2.39. The Kier molecular flexibility index (Phi) is 4.30. The fourth-order valence-electron chi connectivity index (χ4n) is 1.89. The maximum absolute atomic E-state index is 12.1. The molecule has 1 atom stereocenters. The van der Waals surface area contributed by atoms with Crippen LogP contribution in [0.2, 0.25) is 18.1 Å². The van der Waals surface area contributed by atoms with E-state index in [1.165, 1.54) is 0 Å². The molecule has 0 saturated carbocycles.